The predicted octanol–water partition coefficient (Wildman–Crippen LogP) is 3.60. The molecule has 2 unspecified atom stereocenters. The number of likely N-dealkylation sites (tertiary alicyclic amines) is 1. The van der Waals surface area contributed by atoms with E-state index in [0.717, 1.165) is 18.7 Å². The van der Waals surface area contributed by atoms with E-state index in [4.69, 9.17) is 0 Å². The van der Waals surface area contributed by atoms with Crippen LogP contribution in [0.2, 0.25) is 0 Å². The molecule has 1 saturated heterocycles. The van der Waals surface area contributed by atoms with Gasteiger partial charge in [0, 0.05) is 12.6 Å². The minimum absolute atomic E-state index is 0.361. The van der Waals surface area contributed by atoms with Gasteiger partial charge in [-0.05, 0) is 56.8 Å². The topological polar surface area (TPSA) is 23.5 Å². The molecule has 1 N–H and O–H groups in total. The largest absolute Gasteiger partial charge is 0.387 e. The van der Waals surface area contributed by atoms with Crippen LogP contribution in [0, 0.1) is 13.8 Å². The molecule has 1 aromatic rings. The third kappa shape index (κ3) is 3.80. The Morgan fingerprint density at radius 1 is 1.21 bits per heavy atom. The number of benzene rings is 1. The van der Waals surface area contributed by atoms with Gasteiger partial charge in [-0.3, -0.25) is 4.90 Å². The lowest BCUT2D eigenvalue weighted by molar-refractivity contribution is 0.0928. The average molecular weight is 261 g/mol. The number of aryl methyl sites for hydroxylation is 2. The Morgan fingerprint density at radius 3 is 2.74 bits per heavy atom. The smallest absolute Gasteiger partial charge is 0.0917 e. The zero-order valence-corrected chi connectivity index (χ0v) is 12.5. The lowest BCUT2D eigenvalue weighted by Crippen LogP contribution is -2.36. The molecule has 0 spiro atoms. The van der Waals surface area contributed by atoms with Gasteiger partial charge in [0.2, 0.25) is 0 Å². The van der Waals surface area contributed by atoms with Crippen molar-refractivity contribution in [3.63, 3.8) is 0 Å². The first-order valence-corrected chi connectivity index (χ1v) is 7.57. The monoisotopic (exact) mass is 261 g/mol. The van der Waals surface area contributed by atoms with Gasteiger partial charge in [0.1, 0.15) is 0 Å². The van der Waals surface area contributed by atoms with Crippen molar-refractivity contribution < 1.29 is 5.11 Å². The number of nitrogens with zero attached hydrogens (tertiary/aromatic N) is 1. The third-order valence-corrected chi connectivity index (χ3v) is 4.51. The molecule has 0 aromatic heterocycles. The van der Waals surface area contributed by atoms with Gasteiger partial charge in [0.15, 0.2) is 0 Å². The molecule has 1 aliphatic rings. The molecule has 2 heteroatoms. The van der Waals surface area contributed by atoms with Gasteiger partial charge in [0.25, 0.3) is 0 Å². The number of rotatable bonds is 3. The summed E-state index contributed by atoms with van der Waals surface area (Å²) in [6.07, 6.45) is 4.83. The molecular formula is C17H27NO. The summed E-state index contributed by atoms with van der Waals surface area (Å²) in [5.41, 5.74) is 3.61. The fourth-order valence-corrected chi connectivity index (χ4v) is 2.91. The van der Waals surface area contributed by atoms with Crippen molar-refractivity contribution in [1.82, 2.24) is 4.90 Å². The van der Waals surface area contributed by atoms with E-state index in [2.05, 4.69) is 43.9 Å². The van der Waals surface area contributed by atoms with Crippen LogP contribution in [-0.4, -0.2) is 29.1 Å². The fraction of sp³-hybridized carbons (Fsp3) is 0.647. The number of hydrogen-bond donors (Lipinski definition) is 1. The number of β-amino-alcohol motifs (C(OH)–C–C–N with tert-alkyl or cyclic N) is 1. The first-order valence-electron chi connectivity index (χ1n) is 7.57. The molecule has 1 heterocycles. The van der Waals surface area contributed by atoms with E-state index in [0.29, 0.717) is 6.04 Å². The highest BCUT2D eigenvalue weighted by molar-refractivity contribution is 5.31. The summed E-state index contributed by atoms with van der Waals surface area (Å²) in [4.78, 5) is 2.45. The van der Waals surface area contributed by atoms with Gasteiger partial charge < -0.3 is 5.11 Å². The van der Waals surface area contributed by atoms with Gasteiger partial charge in [-0.25, -0.2) is 0 Å². The van der Waals surface area contributed by atoms with Crippen LogP contribution in [0.5, 0.6) is 0 Å². The average Bonchev–Trinajstić information content (AvgIpc) is 2.58. The zero-order chi connectivity index (χ0) is 13.8. The second-order valence-electron chi connectivity index (χ2n) is 6.05. The maximum absolute atomic E-state index is 10.5. The quantitative estimate of drug-likeness (QED) is 0.898. The molecule has 0 aliphatic carbocycles. The number of hydrogen-bond acceptors (Lipinski definition) is 2. The first kappa shape index (κ1) is 14.5. The van der Waals surface area contributed by atoms with Crippen LogP contribution in [0.1, 0.15) is 55.4 Å². The highest BCUT2D eigenvalue weighted by Gasteiger charge is 2.20. The molecule has 2 atom stereocenters. The molecule has 0 saturated carbocycles. The van der Waals surface area contributed by atoms with E-state index in [1.165, 1.54) is 36.8 Å². The summed E-state index contributed by atoms with van der Waals surface area (Å²) in [5, 5.41) is 10.5. The molecule has 2 rings (SSSR count). The molecular weight excluding hydrogens is 234 g/mol. The summed E-state index contributed by atoms with van der Waals surface area (Å²) in [6.45, 7) is 8.41. The SMILES string of the molecule is Cc1ccc(C(O)CN2CCCCCC2C)cc1C. The Kier molecular flexibility index (Phi) is 5.00. The minimum Gasteiger partial charge on any atom is -0.387 e. The summed E-state index contributed by atoms with van der Waals surface area (Å²) >= 11 is 0. The van der Waals surface area contributed by atoms with Crippen LogP contribution >= 0.6 is 0 Å². The standard InChI is InChI=1S/C17H27NO/c1-13-8-9-16(11-14(13)2)17(19)12-18-10-6-4-5-7-15(18)3/h8-9,11,15,17,19H,4-7,10,12H2,1-3H3. The highest BCUT2D eigenvalue weighted by atomic mass is 16.3. The fourth-order valence-electron chi connectivity index (χ4n) is 2.91. The highest BCUT2D eigenvalue weighted by Crippen LogP contribution is 2.22. The van der Waals surface area contributed by atoms with E-state index >= 15 is 0 Å². The summed E-state index contributed by atoms with van der Waals surface area (Å²) in [7, 11) is 0. The van der Waals surface area contributed by atoms with Crippen LogP contribution in [-0.2, 0) is 0 Å². The molecule has 1 aromatic carbocycles. The molecule has 0 amide bonds. The van der Waals surface area contributed by atoms with E-state index in [-0.39, 0.29) is 6.10 Å². The minimum atomic E-state index is -0.361. The van der Waals surface area contributed by atoms with E-state index in [9.17, 15) is 5.11 Å². The zero-order valence-electron chi connectivity index (χ0n) is 12.5. The van der Waals surface area contributed by atoms with E-state index in [1.807, 2.05) is 0 Å². The predicted molar refractivity (Wildman–Crippen MR) is 80.4 cm³/mol. The van der Waals surface area contributed by atoms with Crippen molar-refractivity contribution in [3.8, 4) is 0 Å². The molecule has 1 fully saturated rings. The summed E-state index contributed by atoms with van der Waals surface area (Å²) < 4.78 is 0. The van der Waals surface area contributed by atoms with Gasteiger partial charge in [-0.15, -0.1) is 0 Å². The Balaban J connectivity index is 2.02. The van der Waals surface area contributed by atoms with Crippen LogP contribution in [0.4, 0.5) is 0 Å². The molecule has 2 nitrogen and oxygen atoms in total. The Morgan fingerprint density at radius 2 is 2.00 bits per heavy atom. The Labute approximate surface area is 117 Å². The molecule has 1 aliphatic heterocycles. The van der Waals surface area contributed by atoms with Crippen LogP contribution in [0.3, 0.4) is 0 Å². The summed E-state index contributed by atoms with van der Waals surface area (Å²) in [5.74, 6) is 0. The van der Waals surface area contributed by atoms with Crippen molar-refractivity contribution in [2.45, 2.75) is 58.6 Å². The van der Waals surface area contributed by atoms with Gasteiger partial charge in [-0.2, -0.15) is 0 Å². The lowest BCUT2D eigenvalue weighted by Gasteiger charge is -2.29. The van der Waals surface area contributed by atoms with Gasteiger partial charge >= 0.3 is 0 Å². The van der Waals surface area contributed by atoms with Crippen molar-refractivity contribution in [1.29, 1.82) is 0 Å². The van der Waals surface area contributed by atoms with Crippen molar-refractivity contribution >= 4 is 0 Å². The van der Waals surface area contributed by atoms with Gasteiger partial charge in [-0.1, -0.05) is 31.0 Å². The second-order valence-corrected chi connectivity index (χ2v) is 6.05. The first-order chi connectivity index (χ1) is 9.08. The maximum atomic E-state index is 10.5. The molecule has 0 bridgehead atoms. The Bertz CT molecular complexity index is 416. The molecule has 106 valence electrons. The Hall–Kier alpha value is -0.860. The normalized spacial score (nSPS) is 23.1. The van der Waals surface area contributed by atoms with E-state index < -0.39 is 0 Å². The number of aliphatic hydroxyl groups is 1. The van der Waals surface area contributed by atoms with Crippen molar-refractivity contribution in [2.75, 3.05) is 13.1 Å². The van der Waals surface area contributed by atoms with Crippen LogP contribution in [0.15, 0.2) is 18.2 Å². The van der Waals surface area contributed by atoms with E-state index in [1.54, 1.807) is 0 Å². The molecule has 19 heavy (non-hydrogen) atoms. The van der Waals surface area contributed by atoms with Crippen LogP contribution in [0.25, 0.3) is 0 Å². The molecule has 0 radical (unpaired) electrons. The van der Waals surface area contributed by atoms with Crippen molar-refractivity contribution in [2.24, 2.45) is 0 Å². The third-order valence-electron chi connectivity index (χ3n) is 4.51. The maximum Gasteiger partial charge on any atom is 0.0917 e. The summed E-state index contributed by atoms with van der Waals surface area (Å²) in [6, 6.07) is 6.90. The lowest BCUT2D eigenvalue weighted by atomic mass is 10.0. The van der Waals surface area contributed by atoms with Crippen LogP contribution < -0.4 is 0 Å². The van der Waals surface area contributed by atoms with Gasteiger partial charge in [0.05, 0.1) is 6.10 Å². The van der Waals surface area contributed by atoms with Crippen molar-refractivity contribution in [3.05, 3.63) is 34.9 Å². The number of aliphatic hydroxyl groups excluding tert-OH is 1. The second kappa shape index (κ2) is 6.53.